The van der Waals surface area contributed by atoms with Crippen molar-refractivity contribution in [1.29, 1.82) is 0 Å². The molecule has 0 fully saturated rings. The number of para-hydroxylation sites is 1. The minimum Gasteiger partial charge on any atom is -0.322 e. The summed E-state index contributed by atoms with van der Waals surface area (Å²) in [5, 5.41) is 7.00. The number of hydrogen-bond donors (Lipinski definition) is 1. The van der Waals surface area contributed by atoms with E-state index in [0.29, 0.717) is 22.9 Å². The largest absolute Gasteiger partial charge is 0.322 e. The monoisotopic (exact) mass is 267 g/mol. The first-order valence-electron chi connectivity index (χ1n) is 6.20. The van der Waals surface area contributed by atoms with Crippen molar-refractivity contribution in [2.45, 2.75) is 13.8 Å². The van der Waals surface area contributed by atoms with Crippen molar-refractivity contribution >= 4 is 17.4 Å². The number of aryl methyl sites for hydroxylation is 2. The van der Waals surface area contributed by atoms with Crippen LogP contribution in [-0.4, -0.2) is 25.5 Å². The highest BCUT2D eigenvalue weighted by Crippen LogP contribution is 2.11. The smallest absolute Gasteiger partial charge is 0.259 e. The number of aromatic nitrogens is 4. The number of nitrogens with one attached hydrogen (secondary N) is 1. The fourth-order valence-corrected chi connectivity index (χ4v) is 1.95. The Hall–Kier alpha value is -2.76. The van der Waals surface area contributed by atoms with Crippen molar-refractivity contribution in [3.05, 3.63) is 53.6 Å². The standard InChI is InChI=1S/C14H13N5O/c1-9-12(8-19-14(15-9)16-10(2)18-19)13(20)17-11-6-4-3-5-7-11/h3-8H,1-2H3,(H,17,20). The van der Waals surface area contributed by atoms with Crippen LogP contribution < -0.4 is 5.32 Å². The Labute approximate surface area is 115 Å². The average Bonchev–Trinajstić information content (AvgIpc) is 2.78. The van der Waals surface area contributed by atoms with Gasteiger partial charge in [0.2, 0.25) is 0 Å². The van der Waals surface area contributed by atoms with E-state index in [9.17, 15) is 4.79 Å². The van der Waals surface area contributed by atoms with Gasteiger partial charge in [0.25, 0.3) is 11.7 Å². The van der Waals surface area contributed by atoms with Crippen LogP contribution in [0.4, 0.5) is 5.69 Å². The number of hydrogen-bond acceptors (Lipinski definition) is 4. The molecule has 0 spiro atoms. The molecular formula is C14H13N5O. The van der Waals surface area contributed by atoms with Gasteiger partial charge in [0.15, 0.2) is 0 Å². The third-order valence-corrected chi connectivity index (χ3v) is 2.90. The van der Waals surface area contributed by atoms with E-state index in [1.54, 1.807) is 20.0 Å². The predicted molar refractivity (Wildman–Crippen MR) is 74.7 cm³/mol. The molecular weight excluding hydrogens is 254 g/mol. The van der Waals surface area contributed by atoms with Crippen molar-refractivity contribution in [1.82, 2.24) is 19.6 Å². The van der Waals surface area contributed by atoms with Crippen LogP contribution >= 0.6 is 0 Å². The van der Waals surface area contributed by atoms with Crippen molar-refractivity contribution < 1.29 is 4.79 Å². The molecule has 0 saturated carbocycles. The first-order valence-corrected chi connectivity index (χ1v) is 6.20. The number of rotatable bonds is 2. The summed E-state index contributed by atoms with van der Waals surface area (Å²) in [6.45, 7) is 3.57. The highest BCUT2D eigenvalue weighted by molar-refractivity contribution is 6.04. The zero-order valence-corrected chi connectivity index (χ0v) is 11.2. The van der Waals surface area contributed by atoms with Crippen molar-refractivity contribution in [3.63, 3.8) is 0 Å². The van der Waals surface area contributed by atoms with Crippen LogP contribution in [0.25, 0.3) is 5.78 Å². The van der Waals surface area contributed by atoms with E-state index in [4.69, 9.17) is 0 Å². The summed E-state index contributed by atoms with van der Waals surface area (Å²) in [7, 11) is 0. The maximum atomic E-state index is 12.3. The summed E-state index contributed by atoms with van der Waals surface area (Å²) >= 11 is 0. The molecule has 0 saturated heterocycles. The molecule has 0 atom stereocenters. The Morgan fingerprint density at radius 2 is 1.90 bits per heavy atom. The highest BCUT2D eigenvalue weighted by atomic mass is 16.1. The molecule has 0 aliphatic heterocycles. The summed E-state index contributed by atoms with van der Waals surface area (Å²) in [6.07, 6.45) is 1.65. The van der Waals surface area contributed by atoms with Gasteiger partial charge in [-0.15, -0.1) is 0 Å². The molecule has 2 heterocycles. The van der Waals surface area contributed by atoms with Gasteiger partial charge in [-0.3, -0.25) is 4.79 Å². The predicted octanol–water partition coefficient (Wildman–Crippen LogP) is 1.99. The van der Waals surface area contributed by atoms with Crippen LogP contribution in [0.1, 0.15) is 21.9 Å². The lowest BCUT2D eigenvalue weighted by Gasteiger charge is -2.07. The fourth-order valence-electron chi connectivity index (χ4n) is 1.95. The lowest BCUT2D eigenvalue weighted by atomic mass is 10.2. The molecule has 0 unspecified atom stereocenters. The Balaban J connectivity index is 1.96. The Bertz CT molecular complexity index is 779. The minimum absolute atomic E-state index is 0.212. The molecule has 6 heteroatoms. The number of anilines is 1. The van der Waals surface area contributed by atoms with Crippen LogP contribution in [-0.2, 0) is 0 Å². The summed E-state index contributed by atoms with van der Waals surface area (Å²) in [5.41, 5.74) is 1.84. The van der Waals surface area contributed by atoms with Crippen molar-refractivity contribution in [2.24, 2.45) is 0 Å². The molecule has 0 radical (unpaired) electrons. The molecule has 0 aliphatic rings. The van der Waals surface area contributed by atoms with Crippen molar-refractivity contribution in [3.8, 4) is 0 Å². The second-order valence-corrected chi connectivity index (χ2v) is 4.46. The Morgan fingerprint density at radius 3 is 2.65 bits per heavy atom. The third-order valence-electron chi connectivity index (χ3n) is 2.90. The summed E-state index contributed by atoms with van der Waals surface area (Å²) in [4.78, 5) is 20.7. The molecule has 0 aliphatic carbocycles. The number of carbonyl (C=O) groups excluding carboxylic acids is 1. The number of carbonyl (C=O) groups is 1. The van der Waals surface area contributed by atoms with E-state index >= 15 is 0 Å². The maximum Gasteiger partial charge on any atom is 0.259 e. The molecule has 3 aromatic rings. The molecule has 6 nitrogen and oxygen atoms in total. The number of benzene rings is 1. The van der Waals surface area contributed by atoms with Crippen LogP contribution in [0, 0.1) is 13.8 Å². The summed E-state index contributed by atoms with van der Waals surface area (Å²) in [5.74, 6) is 0.907. The molecule has 1 N–H and O–H groups in total. The first kappa shape index (κ1) is 12.3. The lowest BCUT2D eigenvalue weighted by molar-refractivity contribution is 0.102. The van der Waals surface area contributed by atoms with Gasteiger partial charge in [0.05, 0.1) is 11.3 Å². The van der Waals surface area contributed by atoms with Crippen LogP contribution in [0.5, 0.6) is 0 Å². The van der Waals surface area contributed by atoms with Crippen LogP contribution in [0.3, 0.4) is 0 Å². The topological polar surface area (TPSA) is 72.2 Å². The Kier molecular flexibility index (Phi) is 2.90. The van der Waals surface area contributed by atoms with Crippen LogP contribution in [0.2, 0.25) is 0 Å². The lowest BCUT2D eigenvalue weighted by Crippen LogP contribution is -2.15. The van der Waals surface area contributed by atoms with Crippen LogP contribution in [0.15, 0.2) is 36.5 Å². The van der Waals surface area contributed by atoms with E-state index in [2.05, 4.69) is 20.4 Å². The quantitative estimate of drug-likeness (QED) is 0.770. The van der Waals surface area contributed by atoms with Gasteiger partial charge in [-0.2, -0.15) is 10.1 Å². The second-order valence-electron chi connectivity index (χ2n) is 4.46. The second kappa shape index (κ2) is 4.73. The molecule has 1 aromatic carbocycles. The number of amides is 1. The summed E-state index contributed by atoms with van der Waals surface area (Å²) in [6, 6.07) is 9.29. The highest BCUT2D eigenvalue weighted by Gasteiger charge is 2.13. The molecule has 1 amide bonds. The summed E-state index contributed by atoms with van der Waals surface area (Å²) < 4.78 is 1.52. The third kappa shape index (κ3) is 2.23. The van der Waals surface area contributed by atoms with E-state index in [0.717, 1.165) is 5.69 Å². The molecule has 2 aromatic heterocycles. The van der Waals surface area contributed by atoms with Gasteiger partial charge in [-0.25, -0.2) is 9.50 Å². The molecule has 20 heavy (non-hydrogen) atoms. The normalized spacial score (nSPS) is 10.7. The molecule has 0 bridgehead atoms. The zero-order valence-electron chi connectivity index (χ0n) is 11.2. The zero-order chi connectivity index (χ0) is 14.1. The fraction of sp³-hybridized carbons (Fsp3) is 0.143. The van der Waals surface area contributed by atoms with E-state index in [1.165, 1.54) is 4.52 Å². The van der Waals surface area contributed by atoms with E-state index < -0.39 is 0 Å². The molecule has 3 rings (SSSR count). The van der Waals surface area contributed by atoms with E-state index in [1.807, 2.05) is 30.3 Å². The number of fused-ring (bicyclic) bond motifs is 1. The van der Waals surface area contributed by atoms with Gasteiger partial charge < -0.3 is 5.32 Å². The SMILES string of the molecule is Cc1nc2nc(C)c(C(=O)Nc3ccccc3)cn2n1. The van der Waals surface area contributed by atoms with E-state index in [-0.39, 0.29) is 5.91 Å². The molecule has 100 valence electrons. The van der Waals surface area contributed by atoms with Gasteiger partial charge in [0, 0.05) is 11.9 Å². The van der Waals surface area contributed by atoms with Gasteiger partial charge in [0.1, 0.15) is 5.82 Å². The minimum atomic E-state index is -0.212. The van der Waals surface area contributed by atoms with Gasteiger partial charge in [-0.05, 0) is 26.0 Å². The first-order chi connectivity index (χ1) is 9.63. The van der Waals surface area contributed by atoms with Gasteiger partial charge in [-0.1, -0.05) is 18.2 Å². The maximum absolute atomic E-state index is 12.3. The average molecular weight is 267 g/mol. The van der Waals surface area contributed by atoms with Gasteiger partial charge >= 0.3 is 0 Å². The Morgan fingerprint density at radius 1 is 1.15 bits per heavy atom. The number of nitrogens with zero attached hydrogens (tertiary/aromatic N) is 4. The van der Waals surface area contributed by atoms with Crippen molar-refractivity contribution in [2.75, 3.05) is 5.32 Å².